The first kappa shape index (κ1) is 15.6. The lowest BCUT2D eigenvalue weighted by atomic mass is 10.1. The lowest BCUT2D eigenvalue weighted by molar-refractivity contribution is -0.139. The van der Waals surface area contributed by atoms with Gasteiger partial charge in [-0.2, -0.15) is 0 Å². The van der Waals surface area contributed by atoms with E-state index in [-0.39, 0.29) is 17.3 Å². The highest BCUT2D eigenvalue weighted by Gasteiger charge is 2.19. The van der Waals surface area contributed by atoms with E-state index in [0.29, 0.717) is 16.1 Å². The second-order valence-corrected chi connectivity index (χ2v) is 5.30. The molecule has 6 heteroatoms. The molecule has 0 fully saturated rings. The van der Waals surface area contributed by atoms with E-state index in [9.17, 15) is 15.0 Å². The smallest absolute Gasteiger partial charge is 0.325 e. The maximum absolute atomic E-state index is 11.4. The maximum atomic E-state index is 11.4. The standard InChI is InChI=1S/C15H13Cl2NO3/c16-11-6-10(14(19)12(17)7-11)8-18-13(15(20)21)9-4-2-1-3-5-9/h1-7,13,18-19H,8H2,(H,20,21). The third-order valence-electron chi connectivity index (χ3n) is 2.98. The van der Waals surface area contributed by atoms with Gasteiger partial charge >= 0.3 is 5.97 Å². The number of aliphatic carboxylic acids is 1. The van der Waals surface area contributed by atoms with E-state index in [1.807, 2.05) is 6.07 Å². The van der Waals surface area contributed by atoms with Crippen LogP contribution in [0.5, 0.6) is 5.75 Å². The number of hydrogen-bond donors (Lipinski definition) is 3. The summed E-state index contributed by atoms with van der Waals surface area (Å²) in [7, 11) is 0. The average Bonchev–Trinajstić information content (AvgIpc) is 2.45. The molecule has 110 valence electrons. The predicted octanol–water partition coefficient (Wildman–Crippen LogP) is 3.61. The van der Waals surface area contributed by atoms with Crippen molar-refractivity contribution >= 4 is 29.2 Å². The zero-order valence-corrected chi connectivity index (χ0v) is 12.4. The fourth-order valence-electron chi connectivity index (χ4n) is 1.96. The number of rotatable bonds is 5. The molecule has 2 aromatic rings. The van der Waals surface area contributed by atoms with Crippen LogP contribution in [0.3, 0.4) is 0 Å². The minimum atomic E-state index is -1.01. The molecular weight excluding hydrogens is 313 g/mol. The van der Waals surface area contributed by atoms with E-state index in [1.54, 1.807) is 30.3 Å². The van der Waals surface area contributed by atoms with Crippen LogP contribution in [-0.2, 0) is 11.3 Å². The van der Waals surface area contributed by atoms with Gasteiger partial charge in [-0.1, -0.05) is 53.5 Å². The van der Waals surface area contributed by atoms with Crippen LogP contribution in [0.4, 0.5) is 0 Å². The van der Waals surface area contributed by atoms with Crippen LogP contribution in [0.15, 0.2) is 42.5 Å². The van der Waals surface area contributed by atoms with Gasteiger partial charge in [0.25, 0.3) is 0 Å². The molecule has 0 aromatic heterocycles. The molecule has 0 radical (unpaired) electrons. The van der Waals surface area contributed by atoms with Crippen molar-refractivity contribution in [2.24, 2.45) is 0 Å². The van der Waals surface area contributed by atoms with Crippen molar-refractivity contribution in [2.45, 2.75) is 12.6 Å². The summed E-state index contributed by atoms with van der Waals surface area (Å²) < 4.78 is 0. The van der Waals surface area contributed by atoms with E-state index >= 15 is 0 Å². The number of benzene rings is 2. The van der Waals surface area contributed by atoms with Crippen LogP contribution >= 0.6 is 23.2 Å². The molecular formula is C15H13Cl2NO3. The zero-order chi connectivity index (χ0) is 15.4. The van der Waals surface area contributed by atoms with E-state index in [4.69, 9.17) is 23.2 Å². The normalized spacial score (nSPS) is 12.1. The highest BCUT2D eigenvalue weighted by atomic mass is 35.5. The highest BCUT2D eigenvalue weighted by Crippen LogP contribution is 2.31. The van der Waals surface area contributed by atoms with Crippen molar-refractivity contribution < 1.29 is 15.0 Å². The number of phenols is 1. The second-order valence-electron chi connectivity index (χ2n) is 4.46. The highest BCUT2D eigenvalue weighted by molar-refractivity contribution is 6.35. The van der Waals surface area contributed by atoms with E-state index in [2.05, 4.69) is 5.32 Å². The maximum Gasteiger partial charge on any atom is 0.325 e. The van der Waals surface area contributed by atoms with Crippen molar-refractivity contribution in [3.05, 3.63) is 63.6 Å². The van der Waals surface area contributed by atoms with Crippen LogP contribution in [0, 0.1) is 0 Å². The van der Waals surface area contributed by atoms with Gasteiger partial charge in [0.15, 0.2) is 0 Å². The molecule has 0 aliphatic heterocycles. The van der Waals surface area contributed by atoms with E-state index in [1.165, 1.54) is 6.07 Å². The Morgan fingerprint density at radius 1 is 1.19 bits per heavy atom. The van der Waals surface area contributed by atoms with Gasteiger partial charge in [0.1, 0.15) is 11.8 Å². The SMILES string of the molecule is O=C(O)C(NCc1cc(Cl)cc(Cl)c1O)c1ccccc1. The lowest BCUT2D eigenvalue weighted by Crippen LogP contribution is -2.28. The monoisotopic (exact) mass is 325 g/mol. The van der Waals surface area contributed by atoms with Crippen LogP contribution in [0.2, 0.25) is 10.0 Å². The Kier molecular flexibility index (Phi) is 5.07. The number of carboxylic acids is 1. The van der Waals surface area contributed by atoms with E-state index < -0.39 is 12.0 Å². The zero-order valence-electron chi connectivity index (χ0n) is 10.9. The fraction of sp³-hybridized carbons (Fsp3) is 0.133. The molecule has 0 amide bonds. The van der Waals surface area contributed by atoms with Crippen molar-refractivity contribution in [2.75, 3.05) is 0 Å². The first-order chi connectivity index (χ1) is 9.99. The molecule has 3 N–H and O–H groups in total. The predicted molar refractivity (Wildman–Crippen MR) is 81.8 cm³/mol. The largest absolute Gasteiger partial charge is 0.506 e. The number of halogens is 2. The molecule has 0 heterocycles. The summed E-state index contributed by atoms with van der Waals surface area (Å²) in [6.45, 7) is 0.123. The summed E-state index contributed by atoms with van der Waals surface area (Å²) in [5.74, 6) is -1.11. The molecule has 0 spiro atoms. The molecule has 2 rings (SSSR count). The first-order valence-corrected chi connectivity index (χ1v) is 6.92. The Morgan fingerprint density at radius 2 is 1.86 bits per heavy atom. The van der Waals surface area contributed by atoms with Crippen LogP contribution in [0.1, 0.15) is 17.2 Å². The van der Waals surface area contributed by atoms with Gasteiger partial charge < -0.3 is 10.2 Å². The summed E-state index contributed by atoms with van der Waals surface area (Å²) in [6, 6.07) is 10.9. The van der Waals surface area contributed by atoms with Crippen molar-refractivity contribution in [1.82, 2.24) is 5.32 Å². The van der Waals surface area contributed by atoms with Gasteiger partial charge in [-0.3, -0.25) is 10.1 Å². The Bertz CT molecular complexity index is 647. The molecule has 0 saturated carbocycles. The van der Waals surface area contributed by atoms with Gasteiger partial charge in [0, 0.05) is 17.1 Å². The van der Waals surface area contributed by atoms with Crippen molar-refractivity contribution in [1.29, 1.82) is 0 Å². The van der Waals surface area contributed by atoms with Gasteiger partial charge in [0.05, 0.1) is 5.02 Å². The number of hydrogen-bond acceptors (Lipinski definition) is 3. The van der Waals surface area contributed by atoms with Gasteiger partial charge in [-0.05, 0) is 17.7 Å². The number of carbonyl (C=O) groups is 1. The number of nitrogens with one attached hydrogen (secondary N) is 1. The van der Waals surface area contributed by atoms with E-state index in [0.717, 1.165) is 0 Å². The quantitative estimate of drug-likeness (QED) is 0.785. The average molecular weight is 326 g/mol. The van der Waals surface area contributed by atoms with Crippen LogP contribution in [-0.4, -0.2) is 16.2 Å². The lowest BCUT2D eigenvalue weighted by Gasteiger charge is -2.16. The summed E-state index contributed by atoms with van der Waals surface area (Å²) in [5, 5.41) is 22.5. The minimum Gasteiger partial charge on any atom is -0.506 e. The third-order valence-corrected chi connectivity index (χ3v) is 3.49. The van der Waals surface area contributed by atoms with Gasteiger partial charge in [-0.25, -0.2) is 0 Å². The molecule has 0 bridgehead atoms. The molecule has 0 saturated heterocycles. The van der Waals surface area contributed by atoms with Crippen molar-refractivity contribution in [3.8, 4) is 5.75 Å². The molecule has 2 aromatic carbocycles. The topological polar surface area (TPSA) is 69.6 Å². The van der Waals surface area contributed by atoms with Crippen LogP contribution in [0.25, 0.3) is 0 Å². The molecule has 1 unspecified atom stereocenters. The van der Waals surface area contributed by atoms with Gasteiger partial charge in [-0.15, -0.1) is 0 Å². The molecule has 1 atom stereocenters. The fourth-order valence-corrected chi connectivity index (χ4v) is 2.49. The summed E-state index contributed by atoms with van der Waals surface area (Å²) in [6.07, 6.45) is 0. The Hall–Kier alpha value is -1.75. The van der Waals surface area contributed by atoms with Crippen molar-refractivity contribution in [3.63, 3.8) is 0 Å². The molecule has 0 aliphatic carbocycles. The molecule has 0 aliphatic rings. The Labute approximate surface area is 131 Å². The number of carboxylic acid groups (broad SMARTS) is 1. The Balaban J connectivity index is 2.19. The number of phenolic OH excluding ortho intramolecular Hbond substituents is 1. The summed E-state index contributed by atoms with van der Waals surface area (Å²) >= 11 is 11.7. The summed E-state index contributed by atoms with van der Waals surface area (Å²) in [5.41, 5.74) is 1.06. The first-order valence-electron chi connectivity index (χ1n) is 6.17. The summed E-state index contributed by atoms with van der Waals surface area (Å²) in [4.78, 5) is 11.4. The molecule has 21 heavy (non-hydrogen) atoms. The molecule has 4 nitrogen and oxygen atoms in total. The third kappa shape index (κ3) is 3.88. The Morgan fingerprint density at radius 3 is 2.48 bits per heavy atom. The number of aromatic hydroxyl groups is 1. The second kappa shape index (κ2) is 6.80. The van der Waals surface area contributed by atoms with Gasteiger partial charge in [0.2, 0.25) is 0 Å². The minimum absolute atomic E-state index is 0.106. The van der Waals surface area contributed by atoms with Crippen LogP contribution < -0.4 is 5.32 Å².